The Labute approximate surface area is 211 Å². The molecule has 0 aromatic carbocycles. The molecule has 3 saturated carbocycles. The molecule has 0 aromatic heterocycles. The topological polar surface area (TPSA) is 57.6 Å². The molecule has 5 aliphatic rings. The summed E-state index contributed by atoms with van der Waals surface area (Å²) in [4.78, 5) is 27.1. The Balaban J connectivity index is 1.62. The van der Waals surface area contributed by atoms with Gasteiger partial charge in [-0.2, -0.15) is 0 Å². The number of rotatable bonds is 1. The van der Waals surface area contributed by atoms with Crippen LogP contribution in [0.25, 0.3) is 0 Å². The predicted molar refractivity (Wildman–Crippen MR) is 140 cm³/mol. The van der Waals surface area contributed by atoms with Gasteiger partial charge < -0.3 is 10.0 Å². The van der Waals surface area contributed by atoms with E-state index in [4.69, 9.17) is 0 Å². The number of aliphatic hydroxyl groups is 1. The number of carbonyl (C=O) groups excluding carboxylic acids is 2. The van der Waals surface area contributed by atoms with Gasteiger partial charge in [0.05, 0.1) is 0 Å². The van der Waals surface area contributed by atoms with Gasteiger partial charge in [0, 0.05) is 30.5 Å². The van der Waals surface area contributed by atoms with Crippen LogP contribution >= 0.6 is 0 Å². The van der Waals surface area contributed by atoms with Gasteiger partial charge in [0.25, 0.3) is 0 Å². The SMILES string of the molecule is CC(=O)N(C)C1(C)CC[C@]2(C)CC[C@]3(C)C4=CC=C5C(=CC(=O)C(O)=C5C)[C@]4(C)CC[C@@]3(C)[C@@H]2C1. The van der Waals surface area contributed by atoms with Crippen LogP contribution in [0.15, 0.2) is 46.3 Å². The molecule has 4 nitrogen and oxygen atoms in total. The number of hydrogen-bond donors (Lipinski definition) is 1. The average Bonchev–Trinajstić information content (AvgIpc) is 2.80. The fourth-order valence-corrected chi connectivity index (χ4v) is 9.12. The summed E-state index contributed by atoms with van der Waals surface area (Å²) in [5.74, 6) is 0.307. The van der Waals surface area contributed by atoms with Crippen molar-refractivity contribution in [1.82, 2.24) is 4.90 Å². The summed E-state index contributed by atoms with van der Waals surface area (Å²) in [6.07, 6.45) is 13.9. The third-order valence-electron chi connectivity index (χ3n) is 12.1. The summed E-state index contributed by atoms with van der Waals surface area (Å²) >= 11 is 0. The molecule has 190 valence electrons. The number of aliphatic hydroxyl groups excluding tert-OH is 1. The number of carbonyl (C=O) groups is 2. The second-order valence-electron chi connectivity index (χ2n) is 13.6. The monoisotopic (exact) mass is 477 g/mol. The maximum absolute atomic E-state index is 12.7. The molecule has 0 saturated heterocycles. The lowest BCUT2D eigenvalue weighted by atomic mass is 9.35. The van der Waals surface area contributed by atoms with Gasteiger partial charge in [0.15, 0.2) is 5.76 Å². The maximum Gasteiger partial charge on any atom is 0.220 e. The molecule has 5 rings (SSSR count). The summed E-state index contributed by atoms with van der Waals surface area (Å²) in [6, 6.07) is 0. The largest absolute Gasteiger partial charge is 0.504 e. The minimum absolute atomic E-state index is 0.0141. The van der Waals surface area contributed by atoms with Crippen LogP contribution < -0.4 is 0 Å². The normalized spacial score (nSPS) is 44.7. The smallest absolute Gasteiger partial charge is 0.220 e. The van der Waals surface area contributed by atoms with Crippen molar-refractivity contribution < 1.29 is 14.7 Å². The van der Waals surface area contributed by atoms with Crippen molar-refractivity contribution in [2.45, 2.75) is 99.0 Å². The van der Waals surface area contributed by atoms with E-state index in [2.05, 4.69) is 46.8 Å². The standard InChI is InChI=1S/C31H43NO3/c1-19-21-9-10-24-29(5,22(21)17-23(34)26(19)35)14-16-31(7)25-18-28(4,32(8)20(2)33)13-11-27(25,3)12-15-30(24,31)6/h9-10,17,25,35H,11-16,18H2,1-8H3/t25-,27-,28?,29+,30-,31+/m1/s1. The number of amides is 1. The van der Waals surface area contributed by atoms with E-state index in [1.807, 2.05) is 18.9 Å². The first-order valence-electron chi connectivity index (χ1n) is 13.5. The first-order valence-corrected chi connectivity index (χ1v) is 13.5. The highest BCUT2D eigenvalue weighted by atomic mass is 16.3. The molecular weight excluding hydrogens is 434 g/mol. The quantitative estimate of drug-likeness (QED) is 0.450. The number of ketones is 1. The van der Waals surface area contributed by atoms with E-state index in [0.717, 1.165) is 43.3 Å². The van der Waals surface area contributed by atoms with Crippen molar-refractivity contribution in [2.75, 3.05) is 7.05 Å². The molecule has 0 heterocycles. The number of hydrogen-bond acceptors (Lipinski definition) is 3. The Kier molecular flexibility index (Phi) is 5.08. The second-order valence-corrected chi connectivity index (χ2v) is 13.6. The molecule has 0 spiro atoms. The van der Waals surface area contributed by atoms with Crippen LogP contribution in [0.3, 0.4) is 0 Å². The highest BCUT2D eigenvalue weighted by molar-refractivity contribution is 6.06. The maximum atomic E-state index is 12.7. The van der Waals surface area contributed by atoms with Gasteiger partial charge in [-0.25, -0.2) is 0 Å². The minimum atomic E-state index is -0.262. The highest BCUT2D eigenvalue weighted by Gasteiger charge is 2.67. The van der Waals surface area contributed by atoms with Crippen LogP contribution in [0, 0.1) is 27.6 Å². The molecule has 5 aliphatic carbocycles. The van der Waals surface area contributed by atoms with Crippen molar-refractivity contribution >= 4 is 11.7 Å². The molecule has 35 heavy (non-hydrogen) atoms. The Hall–Kier alpha value is -2.10. The van der Waals surface area contributed by atoms with Crippen molar-refractivity contribution in [2.24, 2.45) is 27.6 Å². The number of fused-ring (bicyclic) bond motifs is 7. The van der Waals surface area contributed by atoms with Crippen LogP contribution in [0.2, 0.25) is 0 Å². The van der Waals surface area contributed by atoms with E-state index in [9.17, 15) is 14.7 Å². The van der Waals surface area contributed by atoms with E-state index in [1.165, 1.54) is 18.4 Å². The fraction of sp³-hybridized carbons (Fsp3) is 0.677. The lowest BCUT2D eigenvalue weighted by Crippen LogP contribution is -2.64. The summed E-state index contributed by atoms with van der Waals surface area (Å²) in [6.45, 7) is 15.7. The zero-order chi connectivity index (χ0) is 25.8. The molecule has 6 atom stereocenters. The lowest BCUT2D eigenvalue weighted by Gasteiger charge is -2.70. The summed E-state index contributed by atoms with van der Waals surface area (Å²) < 4.78 is 0. The molecule has 1 N–H and O–H groups in total. The van der Waals surface area contributed by atoms with E-state index >= 15 is 0 Å². The third kappa shape index (κ3) is 2.98. The molecule has 4 heteroatoms. The van der Waals surface area contributed by atoms with Crippen molar-refractivity contribution in [1.29, 1.82) is 0 Å². The first-order chi connectivity index (χ1) is 16.1. The lowest BCUT2D eigenvalue weighted by molar-refractivity contribution is -0.169. The van der Waals surface area contributed by atoms with Crippen LogP contribution in [-0.4, -0.2) is 34.3 Å². The van der Waals surface area contributed by atoms with Crippen LogP contribution in [-0.2, 0) is 9.59 Å². The summed E-state index contributed by atoms with van der Waals surface area (Å²) in [7, 11) is 1.99. The van der Waals surface area contributed by atoms with Crippen LogP contribution in [0.5, 0.6) is 0 Å². The molecule has 1 unspecified atom stereocenters. The van der Waals surface area contributed by atoms with Gasteiger partial charge in [-0.05, 0) is 98.2 Å². The molecule has 1 amide bonds. The summed E-state index contributed by atoms with van der Waals surface area (Å²) in [5.41, 5.74) is 4.40. The fourth-order valence-electron chi connectivity index (χ4n) is 9.12. The van der Waals surface area contributed by atoms with E-state index in [1.54, 1.807) is 13.0 Å². The van der Waals surface area contributed by atoms with Gasteiger partial charge in [-0.15, -0.1) is 0 Å². The van der Waals surface area contributed by atoms with Gasteiger partial charge in [0.1, 0.15) is 0 Å². The highest BCUT2D eigenvalue weighted by Crippen LogP contribution is 2.75. The van der Waals surface area contributed by atoms with Crippen LogP contribution in [0.4, 0.5) is 0 Å². The summed E-state index contributed by atoms with van der Waals surface area (Å²) in [5, 5.41) is 10.3. The van der Waals surface area contributed by atoms with E-state index in [-0.39, 0.29) is 39.2 Å². The molecule has 0 bridgehead atoms. The van der Waals surface area contributed by atoms with E-state index < -0.39 is 0 Å². The predicted octanol–water partition coefficient (Wildman–Crippen LogP) is 6.84. The van der Waals surface area contributed by atoms with Gasteiger partial charge in [0.2, 0.25) is 11.7 Å². The zero-order valence-corrected chi connectivity index (χ0v) is 23.0. The molecule has 3 fully saturated rings. The van der Waals surface area contributed by atoms with Crippen molar-refractivity contribution in [3.05, 3.63) is 46.3 Å². The third-order valence-corrected chi connectivity index (χ3v) is 12.1. The van der Waals surface area contributed by atoms with Crippen molar-refractivity contribution in [3.8, 4) is 0 Å². The molecular formula is C31H43NO3. The van der Waals surface area contributed by atoms with Gasteiger partial charge >= 0.3 is 0 Å². The molecule has 0 aromatic rings. The Bertz CT molecular complexity index is 1160. The number of allylic oxidation sites excluding steroid dienone is 7. The Morgan fingerprint density at radius 3 is 2.31 bits per heavy atom. The van der Waals surface area contributed by atoms with Crippen molar-refractivity contribution in [3.63, 3.8) is 0 Å². The average molecular weight is 478 g/mol. The van der Waals surface area contributed by atoms with Gasteiger partial charge in [-0.1, -0.05) is 45.4 Å². The Morgan fingerprint density at radius 1 is 1.00 bits per heavy atom. The number of nitrogens with zero attached hydrogens (tertiary/aromatic N) is 1. The zero-order valence-electron chi connectivity index (χ0n) is 23.0. The second kappa shape index (κ2) is 7.23. The Morgan fingerprint density at radius 2 is 1.66 bits per heavy atom. The van der Waals surface area contributed by atoms with Gasteiger partial charge in [-0.3, -0.25) is 9.59 Å². The minimum Gasteiger partial charge on any atom is -0.504 e. The molecule has 0 radical (unpaired) electrons. The van der Waals surface area contributed by atoms with Crippen LogP contribution in [0.1, 0.15) is 93.4 Å². The molecule has 0 aliphatic heterocycles. The first kappa shape index (κ1) is 24.6. The van der Waals surface area contributed by atoms with E-state index in [0.29, 0.717) is 16.9 Å².